The summed E-state index contributed by atoms with van der Waals surface area (Å²) in [6, 6.07) is 29.3. The number of nitrogens with zero attached hydrogens (tertiary/aromatic N) is 1. The molecule has 0 unspecified atom stereocenters. The summed E-state index contributed by atoms with van der Waals surface area (Å²) in [5, 5.41) is 5.76. The molecule has 12 aromatic rings. The second-order valence-corrected chi connectivity index (χ2v) is 14.7. The minimum absolute atomic E-state index is 0.0630. The van der Waals surface area contributed by atoms with Crippen LogP contribution in [0.25, 0.3) is 98.8 Å². The van der Waals surface area contributed by atoms with Gasteiger partial charge in [-0.2, -0.15) is 0 Å². The molecule has 2 nitrogen and oxygen atoms in total. The lowest BCUT2D eigenvalue weighted by Crippen LogP contribution is -2.09. The molecule has 0 aliphatic carbocycles. The van der Waals surface area contributed by atoms with E-state index in [1.54, 1.807) is 78.9 Å². The molecule has 12 rings (SSSR count). The first-order valence-corrected chi connectivity index (χ1v) is 20.0. The lowest BCUT2D eigenvalue weighted by atomic mass is 9.93. The van der Waals surface area contributed by atoms with Crippen LogP contribution in [-0.4, -0.2) is 0 Å². The van der Waals surface area contributed by atoms with Crippen LogP contribution in [0.15, 0.2) is 241 Å². The van der Waals surface area contributed by atoms with E-state index in [1.165, 1.54) is 0 Å². The SMILES string of the molecule is [2H]c1c([2H])c(-c2cccc3c2ccc2ccccc23)c([2H])c([2H])c1-c1c([2H])c([2H])c(N(c2c([2H])c([2H])c(-c3cccc4ccccc34)c([2H])c2[2H])c2c([2H])c([2H])c(-c3cccc4oc5ccccc5c34)c([2H])c2[2H])c([2H])c1[2H]. The average molecular weight is 806 g/mol. The van der Waals surface area contributed by atoms with Gasteiger partial charge in [-0.05, 0) is 125 Å². The van der Waals surface area contributed by atoms with Crippen LogP contribution >= 0.6 is 0 Å². The molecule has 1 aromatic heterocycles. The highest BCUT2D eigenvalue weighted by molar-refractivity contribution is 6.13. The summed E-state index contributed by atoms with van der Waals surface area (Å²) in [6.07, 6.45) is 0. The van der Waals surface area contributed by atoms with Gasteiger partial charge < -0.3 is 9.32 Å². The second-order valence-electron chi connectivity index (χ2n) is 14.7. The third-order valence-corrected chi connectivity index (χ3v) is 11.2. The van der Waals surface area contributed by atoms with E-state index >= 15 is 0 Å². The van der Waals surface area contributed by atoms with E-state index in [1.807, 2.05) is 60.7 Å². The average Bonchev–Trinajstić information content (AvgIpc) is 3.99. The van der Waals surface area contributed by atoms with Crippen molar-refractivity contribution in [2.24, 2.45) is 0 Å². The molecule has 0 atom stereocenters. The first-order valence-electron chi connectivity index (χ1n) is 28.0. The van der Waals surface area contributed by atoms with Crippen LogP contribution in [0.4, 0.5) is 17.1 Å². The van der Waals surface area contributed by atoms with Crippen molar-refractivity contribution in [2.45, 2.75) is 0 Å². The molecular formula is C60H39NO. The maximum absolute atomic E-state index is 9.73. The minimum atomic E-state index is -0.960. The minimum Gasteiger partial charge on any atom is -0.456 e. The molecular weight excluding hydrogens is 751 g/mol. The first-order chi connectivity index (χ1) is 37.4. The van der Waals surface area contributed by atoms with Crippen molar-refractivity contribution in [2.75, 3.05) is 4.90 Å². The summed E-state index contributed by atoms with van der Waals surface area (Å²) in [4.78, 5) is 0.707. The molecule has 0 saturated carbocycles. The van der Waals surface area contributed by atoms with Crippen LogP contribution in [0.5, 0.6) is 0 Å². The van der Waals surface area contributed by atoms with Gasteiger partial charge in [-0.1, -0.05) is 188 Å². The van der Waals surface area contributed by atoms with Crippen LogP contribution in [0, 0.1) is 0 Å². The van der Waals surface area contributed by atoms with Crippen molar-refractivity contribution in [1.82, 2.24) is 0 Å². The Morgan fingerprint density at radius 2 is 0.710 bits per heavy atom. The van der Waals surface area contributed by atoms with Crippen LogP contribution in [0.3, 0.4) is 0 Å². The van der Waals surface area contributed by atoms with Gasteiger partial charge in [-0.25, -0.2) is 0 Å². The van der Waals surface area contributed by atoms with E-state index < -0.39 is 125 Å². The normalized spacial score (nSPS) is 15.2. The molecule has 0 radical (unpaired) electrons. The molecule has 290 valence electrons. The summed E-state index contributed by atoms with van der Waals surface area (Å²) < 4.78 is 159. The fourth-order valence-electron chi connectivity index (χ4n) is 8.24. The lowest BCUT2D eigenvalue weighted by Gasteiger charge is -2.26. The number of rotatable bonds is 7. The van der Waals surface area contributed by atoms with Crippen LogP contribution < -0.4 is 4.90 Å². The summed E-state index contributed by atoms with van der Waals surface area (Å²) in [6.45, 7) is 0. The van der Waals surface area contributed by atoms with Gasteiger partial charge in [0.2, 0.25) is 0 Å². The molecule has 11 aromatic carbocycles. The molecule has 62 heavy (non-hydrogen) atoms. The van der Waals surface area contributed by atoms with Crippen molar-refractivity contribution in [3.63, 3.8) is 0 Å². The Hall–Kier alpha value is -8.20. The van der Waals surface area contributed by atoms with Gasteiger partial charge in [0.05, 0.1) is 21.9 Å². The van der Waals surface area contributed by atoms with E-state index in [0.717, 1.165) is 21.5 Å². The van der Waals surface area contributed by atoms with Gasteiger partial charge in [-0.15, -0.1) is 0 Å². The Morgan fingerprint density at radius 3 is 1.39 bits per heavy atom. The topological polar surface area (TPSA) is 16.4 Å². The van der Waals surface area contributed by atoms with Crippen molar-refractivity contribution in [3.8, 4) is 44.5 Å². The molecule has 1 heterocycles. The molecule has 0 aliphatic rings. The van der Waals surface area contributed by atoms with Crippen molar-refractivity contribution in [3.05, 3.63) is 236 Å². The molecule has 0 saturated heterocycles. The number of para-hydroxylation sites is 1. The Bertz CT molecular complexity index is 4490. The molecule has 0 amide bonds. The second kappa shape index (κ2) is 14.8. The van der Waals surface area contributed by atoms with Crippen LogP contribution in [-0.2, 0) is 0 Å². The zero-order chi connectivity index (χ0) is 54.9. The van der Waals surface area contributed by atoms with Gasteiger partial charge in [0, 0.05) is 27.8 Å². The number of hydrogen-bond donors (Lipinski definition) is 0. The fourth-order valence-corrected chi connectivity index (χ4v) is 8.24. The Labute approximate surface area is 382 Å². The van der Waals surface area contributed by atoms with Gasteiger partial charge in [0.15, 0.2) is 0 Å². The maximum Gasteiger partial charge on any atom is 0.136 e. The van der Waals surface area contributed by atoms with E-state index in [2.05, 4.69) is 0 Å². The fraction of sp³-hybridized carbons (Fsp3) is 0. The predicted molar refractivity (Wildman–Crippen MR) is 263 cm³/mol. The monoisotopic (exact) mass is 805 g/mol. The highest BCUT2D eigenvalue weighted by Crippen LogP contribution is 2.41. The lowest BCUT2D eigenvalue weighted by molar-refractivity contribution is 0.669. The van der Waals surface area contributed by atoms with E-state index in [4.69, 9.17) is 4.42 Å². The van der Waals surface area contributed by atoms with E-state index in [9.17, 15) is 21.9 Å². The number of hydrogen-bond acceptors (Lipinski definition) is 2. The van der Waals surface area contributed by atoms with Gasteiger partial charge in [-0.3, -0.25) is 0 Å². The number of benzene rings is 11. The Kier molecular flexibility index (Phi) is 5.49. The predicted octanol–water partition coefficient (Wildman–Crippen LogP) is 17.2. The molecule has 0 spiro atoms. The largest absolute Gasteiger partial charge is 0.456 e. The van der Waals surface area contributed by atoms with Gasteiger partial charge in [0.1, 0.15) is 11.2 Å². The van der Waals surface area contributed by atoms with Crippen molar-refractivity contribution in [1.29, 1.82) is 0 Å². The highest BCUT2D eigenvalue weighted by Gasteiger charge is 2.17. The van der Waals surface area contributed by atoms with Crippen LogP contribution in [0.1, 0.15) is 21.9 Å². The molecule has 0 aliphatic heterocycles. The maximum atomic E-state index is 9.73. The van der Waals surface area contributed by atoms with Crippen LogP contribution in [0.2, 0.25) is 0 Å². The molecule has 2 heteroatoms. The Balaban J connectivity index is 1.12. The number of anilines is 3. The quantitative estimate of drug-likeness (QED) is 0.149. The van der Waals surface area contributed by atoms with Crippen molar-refractivity contribution >= 4 is 71.3 Å². The zero-order valence-electron chi connectivity index (χ0n) is 48.6. The number of furan rings is 1. The smallest absolute Gasteiger partial charge is 0.136 e. The first kappa shape index (κ1) is 23.0. The molecule has 0 N–H and O–H groups in total. The summed E-state index contributed by atoms with van der Waals surface area (Å²) in [7, 11) is 0. The van der Waals surface area contributed by atoms with Gasteiger partial charge in [0.25, 0.3) is 0 Å². The molecule has 0 fully saturated rings. The third-order valence-electron chi connectivity index (χ3n) is 11.2. The van der Waals surface area contributed by atoms with E-state index in [0.29, 0.717) is 48.7 Å². The van der Waals surface area contributed by atoms with Gasteiger partial charge >= 0.3 is 0 Å². The van der Waals surface area contributed by atoms with E-state index in [-0.39, 0.29) is 22.3 Å². The molecule has 0 bridgehead atoms. The number of fused-ring (bicyclic) bond motifs is 7. The summed E-state index contributed by atoms with van der Waals surface area (Å²) in [5.74, 6) is 0. The zero-order valence-corrected chi connectivity index (χ0v) is 32.6. The third kappa shape index (κ3) is 6.12. The standard InChI is InChI=1S/C60H39NO/c1-3-13-50-42(10-1)12-7-16-51(50)45-28-35-48(36-29-45)61(49-37-30-46(31-38-49)54-18-9-21-59-60(54)57-15-5-6-20-58(57)62-59)47-33-26-41(27-34-47)40-22-24-44(25-23-40)53-17-8-19-55-52-14-4-2-11-43(52)32-39-56(53)55/h1-39H/i22D,23D,24D,25D,26D,27D,28D,29D,30D,31D,33D,34D,35D,36D,37D,38D. The summed E-state index contributed by atoms with van der Waals surface area (Å²) in [5.41, 5.74) is -1.93. The Morgan fingerprint density at radius 1 is 0.290 bits per heavy atom. The highest BCUT2D eigenvalue weighted by atomic mass is 16.3. The van der Waals surface area contributed by atoms with Crippen molar-refractivity contribution < 1.29 is 26.3 Å². The summed E-state index contributed by atoms with van der Waals surface area (Å²) >= 11 is 0.